The van der Waals surface area contributed by atoms with Gasteiger partial charge in [-0.15, -0.1) is 0 Å². The Morgan fingerprint density at radius 1 is 1.18 bits per heavy atom. The van der Waals surface area contributed by atoms with E-state index in [4.69, 9.17) is 4.74 Å². The molecule has 8 heteroatoms. The number of ether oxygens (including phenoxy) is 1. The Bertz CT molecular complexity index is 1110. The first-order chi connectivity index (χ1) is 16.5. The summed E-state index contributed by atoms with van der Waals surface area (Å²) in [5.74, 6) is 0.270. The number of carbonyl (C=O) groups is 3. The number of fused-ring (bicyclic) bond motifs is 3. The number of rotatable bonds is 7. The van der Waals surface area contributed by atoms with Crippen LogP contribution >= 0.6 is 0 Å². The fourth-order valence-electron chi connectivity index (χ4n) is 5.37. The van der Waals surface area contributed by atoms with E-state index in [1.807, 2.05) is 31.2 Å². The summed E-state index contributed by atoms with van der Waals surface area (Å²) in [6.45, 7) is 2.46. The quantitative estimate of drug-likeness (QED) is 0.681. The number of para-hydroxylation sites is 1. The molecule has 2 fully saturated rings. The van der Waals surface area contributed by atoms with Gasteiger partial charge in [-0.2, -0.15) is 0 Å². The Kier molecular flexibility index (Phi) is 5.98. The second-order valence-corrected chi connectivity index (χ2v) is 9.44. The fourth-order valence-corrected chi connectivity index (χ4v) is 5.37. The third kappa shape index (κ3) is 4.02. The molecular formula is C26H30N4O4. The third-order valence-corrected chi connectivity index (χ3v) is 7.21. The second-order valence-electron chi connectivity index (χ2n) is 9.44. The van der Waals surface area contributed by atoms with E-state index in [1.54, 1.807) is 28.1 Å². The van der Waals surface area contributed by atoms with Gasteiger partial charge in [0.2, 0.25) is 17.7 Å². The van der Waals surface area contributed by atoms with Crippen LogP contribution in [0.4, 0.5) is 5.69 Å². The van der Waals surface area contributed by atoms with Crippen molar-refractivity contribution >= 4 is 23.4 Å². The molecular weight excluding hydrogens is 432 g/mol. The molecule has 1 atom stereocenters. The van der Waals surface area contributed by atoms with E-state index in [0.29, 0.717) is 36.5 Å². The van der Waals surface area contributed by atoms with Gasteiger partial charge < -0.3 is 15.0 Å². The number of nitrogens with one attached hydrogen (secondary N) is 1. The zero-order chi connectivity index (χ0) is 23.7. The Morgan fingerprint density at radius 2 is 1.97 bits per heavy atom. The molecule has 0 bridgehead atoms. The lowest BCUT2D eigenvalue weighted by Gasteiger charge is -2.48. The summed E-state index contributed by atoms with van der Waals surface area (Å²) in [4.78, 5) is 46.5. The maximum atomic E-state index is 13.3. The van der Waals surface area contributed by atoms with Crippen LogP contribution in [0.3, 0.4) is 0 Å². The average Bonchev–Trinajstić information content (AvgIpc) is 3.46. The summed E-state index contributed by atoms with van der Waals surface area (Å²) in [5.41, 5.74) is 1.24. The zero-order valence-corrected chi connectivity index (χ0v) is 19.5. The Morgan fingerprint density at radius 3 is 2.79 bits per heavy atom. The molecule has 5 rings (SSSR count). The number of benzene rings is 1. The number of anilines is 1. The maximum Gasteiger partial charge on any atom is 0.257 e. The maximum absolute atomic E-state index is 13.3. The van der Waals surface area contributed by atoms with Crippen LogP contribution in [0.5, 0.6) is 5.88 Å². The first-order valence-electron chi connectivity index (χ1n) is 12.1. The topological polar surface area (TPSA) is 91.8 Å². The first-order valence-corrected chi connectivity index (χ1v) is 12.1. The van der Waals surface area contributed by atoms with Gasteiger partial charge in [0.25, 0.3) is 5.91 Å². The molecule has 1 aliphatic carbocycles. The Balaban J connectivity index is 1.24. The van der Waals surface area contributed by atoms with Crippen LogP contribution in [-0.2, 0) is 16.1 Å². The standard InChI is InChI=1S/C26H30N4O4/c1-26-14-12-23(32)30(26)21-11-5-4-10-20(21)25(33)29(26)16-13-22(31)28-17-18-7-6-15-27-24(18)34-19-8-2-3-9-19/h4-7,10-11,15,19H,2-3,8-9,12-14,16-17H2,1H3,(H,28,31). The van der Waals surface area contributed by atoms with Crippen LogP contribution in [0.25, 0.3) is 0 Å². The number of hydrogen-bond acceptors (Lipinski definition) is 5. The first kappa shape index (κ1) is 22.4. The number of pyridine rings is 1. The molecule has 1 unspecified atom stereocenters. The van der Waals surface area contributed by atoms with Gasteiger partial charge >= 0.3 is 0 Å². The van der Waals surface area contributed by atoms with Crippen molar-refractivity contribution in [1.29, 1.82) is 0 Å². The Hall–Kier alpha value is -3.42. The van der Waals surface area contributed by atoms with Crippen LogP contribution in [0.15, 0.2) is 42.6 Å². The van der Waals surface area contributed by atoms with Gasteiger partial charge in [0.05, 0.1) is 11.3 Å². The SMILES string of the molecule is CC12CCC(=O)N1c1ccccc1C(=O)N2CCC(=O)NCc1cccnc1OC1CCCC1. The monoisotopic (exact) mass is 462 g/mol. The lowest BCUT2D eigenvalue weighted by atomic mass is 9.98. The molecule has 1 saturated heterocycles. The number of carbonyl (C=O) groups excluding carboxylic acids is 3. The molecule has 0 spiro atoms. The molecule has 3 amide bonds. The summed E-state index contributed by atoms with van der Waals surface area (Å²) in [6.07, 6.45) is 7.37. The van der Waals surface area contributed by atoms with Gasteiger partial charge in [-0.05, 0) is 57.2 Å². The van der Waals surface area contributed by atoms with E-state index in [0.717, 1.165) is 18.4 Å². The van der Waals surface area contributed by atoms with Crippen molar-refractivity contribution in [3.8, 4) is 5.88 Å². The average molecular weight is 463 g/mol. The number of hydrogen-bond donors (Lipinski definition) is 1. The largest absolute Gasteiger partial charge is 0.474 e. The van der Waals surface area contributed by atoms with Gasteiger partial charge in [0.15, 0.2) is 0 Å². The zero-order valence-electron chi connectivity index (χ0n) is 19.5. The summed E-state index contributed by atoms with van der Waals surface area (Å²) in [7, 11) is 0. The van der Waals surface area contributed by atoms with E-state index >= 15 is 0 Å². The lowest BCUT2D eigenvalue weighted by Crippen LogP contribution is -2.62. The molecule has 1 aromatic carbocycles. The van der Waals surface area contributed by atoms with Crippen molar-refractivity contribution in [3.05, 3.63) is 53.7 Å². The van der Waals surface area contributed by atoms with Crippen LogP contribution in [-0.4, -0.2) is 45.9 Å². The third-order valence-electron chi connectivity index (χ3n) is 7.21. The molecule has 34 heavy (non-hydrogen) atoms. The molecule has 2 aromatic rings. The number of nitrogens with zero attached hydrogens (tertiary/aromatic N) is 3. The van der Waals surface area contributed by atoms with Crippen molar-refractivity contribution in [2.45, 2.75) is 70.2 Å². The van der Waals surface area contributed by atoms with Crippen LogP contribution in [0, 0.1) is 0 Å². The molecule has 1 saturated carbocycles. The minimum absolute atomic E-state index is 0.00303. The van der Waals surface area contributed by atoms with E-state index in [1.165, 1.54) is 12.8 Å². The molecule has 3 heterocycles. The van der Waals surface area contributed by atoms with E-state index in [2.05, 4.69) is 10.3 Å². The molecule has 2 aliphatic heterocycles. The van der Waals surface area contributed by atoms with Gasteiger partial charge in [-0.3, -0.25) is 19.3 Å². The molecule has 8 nitrogen and oxygen atoms in total. The molecule has 1 aromatic heterocycles. The minimum Gasteiger partial charge on any atom is -0.474 e. The molecule has 1 N–H and O–H groups in total. The second kappa shape index (κ2) is 9.08. The lowest BCUT2D eigenvalue weighted by molar-refractivity contribution is -0.121. The van der Waals surface area contributed by atoms with E-state index < -0.39 is 5.66 Å². The van der Waals surface area contributed by atoms with Crippen LogP contribution in [0.2, 0.25) is 0 Å². The fraction of sp³-hybridized carbons (Fsp3) is 0.462. The molecule has 0 radical (unpaired) electrons. The molecule has 178 valence electrons. The predicted molar refractivity (Wildman–Crippen MR) is 126 cm³/mol. The Labute approximate surface area is 199 Å². The van der Waals surface area contributed by atoms with Crippen molar-refractivity contribution in [3.63, 3.8) is 0 Å². The highest BCUT2D eigenvalue weighted by molar-refractivity contribution is 6.10. The van der Waals surface area contributed by atoms with Crippen molar-refractivity contribution in [2.75, 3.05) is 11.4 Å². The summed E-state index contributed by atoms with van der Waals surface area (Å²) in [6, 6.07) is 10.9. The van der Waals surface area contributed by atoms with Gasteiger partial charge in [-0.1, -0.05) is 18.2 Å². The summed E-state index contributed by atoms with van der Waals surface area (Å²) >= 11 is 0. The van der Waals surface area contributed by atoms with Gasteiger partial charge in [-0.25, -0.2) is 4.98 Å². The highest BCUT2D eigenvalue weighted by Gasteiger charge is 2.52. The number of aromatic nitrogens is 1. The van der Waals surface area contributed by atoms with E-state index in [9.17, 15) is 14.4 Å². The predicted octanol–water partition coefficient (Wildman–Crippen LogP) is 3.41. The van der Waals surface area contributed by atoms with E-state index in [-0.39, 0.29) is 36.8 Å². The normalized spacial score (nSPS) is 22.0. The summed E-state index contributed by atoms with van der Waals surface area (Å²) in [5, 5.41) is 2.94. The van der Waals surface area contributed by atoms with Crippen molar-refractivity contribution in [2.24, 2.45) is 0 Å². The molecule has 3 aliphatic rings. The smallest absolute Gasteiger partial charge is 0.257 e. The minimum atomic E-state index is -0.756. The van der Waals surface area contributed by atoms with Crippen molar-refractivity contribution in [1.82, 2.24) is 15.2 Å². The number of amides is 3. The highest BCUT2D eigenvalue weighted by Crippen LogP contribution is 2.43. The summed E-state index contributed by atoms with van der Waals surface area (Å²) < 4.78 is 6.06. The van der Waals surface area contributed by atoms with Crippen LogP contribution in [0.1, 0.15) is 67.8 Å². The van der Waals surface area contributed by atoms with Gasteiger partial charge in [0.1, 0.15) is 11.8 Å². The highest BCUT2D eigenvalue weighted by atomic mass is 16.5. The van der Waals surface area contributed by atoms with Gasteiger partial charge in [0, 0.05) is 37.7 Å². The van der Waals surface area contributed by atoms with Crippen molar-refractivity contribution < 1.29 is 19.1 Å². The van der Waals surface area contributed by atoms with Crippen LogP contribution < -0.4 is 15.0 Å².